The van der Waals surface area contributed by atoms with Gasteiger partial charge in [0.2, 0.25) is 0 Å². The standard InChI is InChI=1S/C17H21N3O3/c1-4-15(13-7-5-11(2)6-8-13)18-17(22)20-19-16(21)14-9-10-23-12(14)3/h5-10,15H,4H2,1-3H3,(H,19,21)(H2,18,20,22)/t15-/m1/s1. The molecule has 0 radical (unpaired) electrons. The molecule has 23 heavy (non-hydrogen) atoms. The van der Waals surface area contributed by atoms with Crippen LogP contribution in [0.15, 0.2) is 41.0 Å². The molecule has 1 heterocycles. The van der Waals surface area contributed by atoms with Crippen LogP contribution < -0.4 is 16.2 Å². The normalized spacial score (nSPS) is 11.6. The molecule has 3 N–H and O–H groups in total. The highest BCUT2D eigenvalue weighted by atomic mass is 16.3. The first-order valence-corrected chi connectivity index (χ1v) is 7.48. The smallest absolute Gasteiger partial charge is 0.333 e. The Morgan fingerprint density at radius 1 is 1.09 bits per heavy atom. The second kappa shape index (κ2) is 7.49. The van der Waals surface area contributed by atoms with Gasteiger partial charge >= 0.3 is 6.03 Å². The van der Waals surface area contributed by atoms with Gasteiger partial charge in [-0.1, -0.05) is 36.8 Å². The fourth-order valence-electron chi connectivity index (χ4n) is 2.22. The summed E-state index contributed by atoms with van der Waals surface area (Å²) in [6.45, 7) is 5.68. The first-order valence-electron chi connectivity index (χ1n) is 7.48. The Hall–Kier alpha value is -2.76. The van der Waals surface area contributed by atoms with E-state index in [-0.39, 0.29) is 6.04 Å². The van der Waals surface area contributed by atoms with Crippen LogP contribution in [0.1, 0.15) is 46.6 Å². The van der Waals surface area contributed by atoms with E-state index in [0.29, 0.717) is 11.3 Å². The molecule has 0 bridgehead atoms. The Morgan fingerprint density at radius 3 is 2.35 bits per heavy atom. The fraction of sp³-hybridized carbons (Fsp3) is 0.294. The van der Waals surface area contributed by atoms with Gasteiger partial charge in [-0.15, -0.1) is 0 Å². The molecule has 0 aliphatic carbocycles. The van der Waals surface area contributed by atoms with Gasteiger partial charge in [0.25, 0.3) is 5.91 Å². The van der Waals surface area contributed by atoms with Crippen LogP contribution in [0, 0.1) is 13.8 Å². The molecule has 0 fully saturated rings. The lowest BCUT2D eigenvalue weighted by molar-refractivity contribution is 0.0934. The third-order valence-corrected chi connectivity index (χ3v) is 3.59. The number of aryl methyl sites for hydroxylation is 2. The minimum atomic E-state index is -0.466. The molecule has 0 aliphatic rings. The molecular weight excluding hydrogens is 294 g/mol. The topological polar surface area (TPSA) is 83.4 Å². The van der Waals surface area contributed by atoms with Crippen molar-refractivity contribution in [2.24, 2.45) is 0 Å². The highest BCUT2D eigenvalue weighted by molar-refractivity contribution is 5.96. The molecule has 0 saturated heterocycles. The molecule has 122 valence electrons. The molecular formula is C17H21N3O3. The van der Waals surface area contributed by atoms with E-state index < -0.39 is 11.9 Å². The molecule has 3 amide bonds. The van der Waals surface area contributed by atoms with Gasteiger partial charge in [0.1, 0.15) is 5.76 Å². The van der Waals surface area contributed by atoms with Gasteiger partial charge in [-0.05, 0) is 31.9 Å². The lowest BCUT2D eigenvalue weighted by Crippen LogP contribution is -2.47. The average Bonchev–Trinajstić information content (AvgIpc) is 2.97. The van der Waals surface area contributed by atoms with Crippen molar-refractivity contribution in [1.82, 2.24) is 16.2 Å². The number of hydrogen-bond acceptors (Lipinski definition) is 3. The molecule has 1 atom stereocenters. The number of furan rings is 1. The second-order valence-corrected chi connectivity index (χ2v) is 5.31. The van der Waals surface area contributed by atoms with Gasteiger partial charge in [0.05, 0.1) is 17.9 Å². The molecule has 0 aliphatic heterocycles. The highest BCUT2D eigenvalue weighted by Crippen LogP contribution is 2.16. The lowest BCUT2D eigenvalue weighted by Gasteiger charge is -2.18. The third-order valence-electron chi connectivity index (χ3n) is 3.59. The Labute approximate surface area is 135 Å². The Balaban J connectivity index is 1.89. The van der Waals surface area contributed by atoms with Crippen molar-refractivity contribution in [3.63, 3.8) is 0 Å². The van der Waals surface area contributed by atoms with Gasteiger partial charge in [-0.2, -0.15) is 0 Å². The van der Waals surface area contributed by atoms with Gasteiger partial charge in [0, 0.05) is 0 Å². The van der Waals surface area contributed by atoms with Crippen molar-refractivity contribution >= 4 is 11.9 Å². The number of urea groups is 1. The van der Waals surface area contributed by atoms with Crippen LogP contribution in [0.3, 0.4) is 0 Å². The van der Waals surface area contributed by atoms with Gasteiger partial charge < -0.3 is 9.73 Å². The number of hydrogen-bond donors (Lipinski definition) is 3. The van der Waals surface area contributed by atoms with E-state index in [4.69, 9.17) is 4.42 Å². The number of amides is 3. The molecule has 1 aromatic carbocycles. The number of rotatable bonds is 4. The molecule has 0 saturated carbocycles. The Bertz CT molecular complexity index is 677. The zero-order valence-electron chi connectivity index (χ0n) is 13.5. The zero-order valence-corrected chi connectivity index (χ0v) is 13.5. The molecule has 1 aromatic heterocycles. The summed E-state index contributed by atoms with van der Waals surface area (Å²) in [6.07, 6.45) is 2.17. The summed E-state index contributed by atoms with van der Waals surface area (Å²) in [6, 6.07) is 8.93. The maximum absolute atomic E-state index is 12.0. The van der Waals surface area contributed by atoms with E-state index in [2.05, 4.69) is 16.2 Å². The van der Waals surface area contributed by atoms with Crippen molar-refractivity contribution in [2.75, 3.05) is 0 Å². The zero-order chi connectivity index (χ0) is 16.8. The molecule has 2 aromatic rings. The van der Waals surface area contributed by atoms with E-state index in [1.165, 1.54) is 6.26 Å². The summed E-state index contributed by atoms with van der Waals surface area (Å²) in [5.74, 6) is 0.0746. The Kier molecular flexibility index (Phi) is 5.41. The second-order valence-electron chi connectivity index (χ2n) is 5.31. The predicted octanol–water partition coefficient (Wildman–Crippen LogP) is 2.99. The summed E-state index contributed by atoms with van der Waals surface area (Å²) in [5, 5.41) is 2.83. The van der Waals surface area contributed by atoms with Crippen LogP contribution in [-0.2, 0) is 0 Å². The lowest BCUT2D eigenvalue weighted by atomic mass is 10.0. The van der Waals surface area contributed by atoms with Crippen molar-refractivity contribution in [3.8, 4) is 0 Å². The highest BCUT2D eigenvalue weighted by Gasteiger charge is 2.15. The van der Waals surface area contributed by atoms with E-state index in [0.717, 1.165) is 17.5 Å². The molecule has 6 heteroatoms. The summed E-state index contributed by atoms with van der Waals surface area (Å²) >= 11 is 0. The van der Waals surface area contributed by atoms with Gasteiger partial charge in [0.15, 0.2) is 0 Å². The molecule has 2 rings (SSSR count). The number of carbonyl (C=O) groups is 2. The SMILES string of the molecule is CC[C@@H](NC(=O)NNC(=O)c1ccoc1C)c1ccc(C)cc1. The molecule has 0 unspecified atom stereocenters. The van der Waals surface area contributed by atoms with Gasteiger partial charge in [-0.3, -0.25) is 10.2 Å². The fourth-order valence-corrected chi connectivity index (χ4v) is 2.22. The minimum Gasteiger partial charge on any atom is -0.469 e. The maximum atomic E-state index is 12.0. The van der Waals surface area contributed by atoms with E-state index >= 15 is 0 Å². The number of nitrogens with one attached hydrogen (secondary N) is 3. The first-order chi connectivity index (χ1) is 11.0. The summed E-state index contributed by atoms with van der Waals surface area (Å²) in [7, 11) is 0. The summed E-state index contributed by atoms with van der Waals surface area (Å²) < 4.78 is 5.05. The largest absolute Gasteiger partial charge is 0.469 e. The van der Waals surface area contributed by atoms with E-state index in [1.807, 2.05) is 38.1 Å². The van der Waals surface area contributed by atoms with E-state index in [1.54, 1.807) is 13.0 Å². The van der Waals surface area contributed by atoms with Crippen LogP contribution in [0.5, 0.6) is 0 Å². The van der Waals surface area contributed by atoms with Crippen LogP contribution in [0.2, 0.25) is 0 Å². The maximum Gasteiger partial charge on any atom is 0.333 e. The minimum absolute atomic E-state index is 0.122. The predicted molar refractivity (Wildman–Crippen MR) is 86.8 cm³/mol. The van der Waals surface area contributed by atoms with Crippen molar-refractivity contribution in [2.45, 2.75) is 33.2 Å². The average molecular weight is 315 g/mol. The summed E-state index contributed by atoms with van der Waals surface area (Å²) in [5.41, 5.74) is 7.27. The van der Waals surface area contributed by atoms with Crippen molar-refractivity contribution in [1.29, 1.82) is 0 Å². The third kappa shape index (κ3) is 4.35. The number of carbonyl (C=O) groups excluding carboxylic acids is 2. The van der Waals surface area contributed by atoms with Crippen LogP contribution in [-0.4, -0.2) is 11.9 Å². The van der Waals surface area contributed by atoms with Crippen LogP contribution in [0.4, 0.5) is 4.79 Å². The summed E-state index contributed by atoms with van der Waals surface area (Å²) in [4.78, 5) is 23.8. The van der Waals surface area contributed by atoms with Crippen molar-refractivity contribution in [3.05, 3.63) is 59.0 Å². The van der Waals surface area contributed by atoms with Crippen LogP contribution in [0.25, 0.3) is 0 Å². The number of benzene rings is 1. The molecule has 6 nitrogen and oxygen atoms in total. The van der Waals surface area contributed by atoms with Crippen LogP contribution >= 0.6 is 0 Å². The molecule has 0 spiro atoms. The quantitative estimate of drug-likeness (QED) is 0.758. The van der Waals surface area contributed by atoms with Gasteiger partial charge in [-0.25, -0.2) is 10.2 Å². The number of hydrazine groups is 1. The van der Waals surface area contributed by atoms with E-state index in [9.17, 15) is 9.59 Å². The monoisotopic (exact) mass is 315 g/mol. The first kappa shape index (κ1) is 16.6. The Morgan fingerprint density at radius 2 is 1.78 bits per heavy atom. The van der Waals surface area contributed by atoms with Crippen molar-refractivity contribution < 1.29 is 14.0 Å².